The molecule has 0 atom stereocenters. The minimum atomic E-state index is -0.519. The maximum Gasteiger partial charge on any atom is 0.413 e. The number of hydrogen-bond donors (Lipinski definition) is 1. The van der Waals surface area contributed by atoms with E-state index in [4.69, 9.17) is 9.47 Å². The molecule has 19 heavy (non-hydrogen) atoms. The molecule has 1 N–H and O–H groups in total. The van der Waals surface area contributed by atoms with E-state index in [9.17, 15) is 4.79 Å². The molecule has 0 aliphatic carbocycles. The summed E-state index contributed by atoms with van der Waals surface area (Å²) in [4.78, 5) is 15.9. The van der Waals surface area contributed by atoms with Gasteiger partial charge in [-0.15, -0.1) is 0 Å². The second kappa shape index (κ2) is 7.09. The fourth-order valence-electron chi connectivity index (χ4n) is 1.56. The number of carbonyl (C=O) groups is 1. The molecule has 0 unspecified atom stereocenters. The number of aromatic nitrogens is 1. The highest BCUT2D eigenvalue weighted by Crippen LogP contribution is 2.15. The quantitative estimate of drug-likeness (QED) is 0.832. The number of amides is 1. The Bertz CT molecular complexity index is 413. The van der Waals surface area contributed by atoms with E-state index in [2.05, 4.69) is 10.3 Å². The van der Waals surface area contributed by atoms with E-state index in [1.807, 2.05) is 32.9 Å². The summed E-state index contributed by atoms with van der Waals surface area (Å²) in [5.41, 5.74) is 0.458. The SMILES string of the molecule is COCCCc1cccnc1NC(=O)OC(C)(C)C. The molecule has 1 heterocycles. The predicted molar refractivity (Wildman–Crippen MR) is 74.3 cm³/mol. The Hall–Kier alpha value is -1.62. The first-order valence-corrected chi connectivity index (χ1v) is 6.35. The van der Waals surface area contributed by atoms with Gasteiger partial charge in [0.2, 0.25) is 0 Å². The standard InChI is InChI=1S/C14H22N2O3/c1-14(2,3)19-13(17)16-12-11(7-5-9-15-12)8-6-10-18-4/h5,7,9H,6,8,10H2,1-4H3,(H,15,16,17). The van der Waals surface area contributed by atoms with Gasteiger partial charge in [0.25, 0.3) is 0 Å². The number of pyridine rings is 1. The number of nitrogens with zero attached hydrogens (tertiary/aromatic N) is 1. The zero-order valence-corrected chi connectivity index (χ0v) is 12.0. The van der Waals surface area contributed by atoms with Crippen molar-refractivity contribution in [2.24, 2.45) is 0 Å². The van der Waals surface area contributed by atoms with Crippen LogP contribution in [0.15, 0.2) is 18.3 Å². The van der Waals surface area contributed by atoms with Gasteiger partial charge in [-0.1, -0.05) is 6.07 Å². The lowest BCUT2D eigenvalue weighted by molar-refractivity contribution is 0.0635. The Labute approximate surface area is 114 Å². The molecule has 1 aromatic heterocycles. The molecule has 0 aliphatic heterocycles. The molecule has 0 radical (unpaired) electrons. The van der Waals surface area contributed by atoms with Gasteiger partial charge in [0.1, 0.15) is 11.4 Å². The second-order valence-corrected chi connectivity index (χ2v) is 5.23. The number of ether oxygens (including phenoxy) is 2. The van der Waals surface area contributed by atoms with E-state index in [1.165, 1.54) is 0 Å². The number of carbonyl (C=O) groups excluding carboxylic acids is 1. The molecule has 5 nitrogen and oxygen atoms in total. The van der Waals surface area contributed by atoms with Crippen LogP contribution in [0.1, 0.15) is 32.8 Å². The Balaban J connectivity index is 2.64. The van der Waals surface area contributed by atoms with Gasteiger partial charge in [0.05, 0.1) is 0 Å². The Morgan fingerprint density at radius 1 is 1.42 bits per heavy atom. The lowest BCUT2D eigenvalue weighted by Crippen LogP contribution is -2.27. The molecule has 106 valence electrons. The lowest BCUT2D eigenvalue weighted by atomic mass is 10.1. The smallest absolute Gasteiger partial charge is 0.413 e. The summed E-state index contributed by atoms with van der Waals surface area (Å²) in [6.45, 7) is 6.15. The minimum Gasteiger partial charge on any atom is -0.444 e. The van der Waals surface area contributed by atoms with Crippen LogP contribution in [0.5, 0.6) is 0 Å². The lowest BCUT2D eigenvalue weighted by Gasteiger charge is -2.20. The van der Waals surface area contributed by atoms with Crippen LogP contribution < -0.4 is 5.32 Å². The van der Waals surface area contributed by atoms with Gasteiger partial charge in [0.15, 0.2) is 0 Å². The molecule has 0 bridgehead atoms. The summed E-state index contributed by atoms with van der Waals surface area (Å²) in [5.74, 6) is 0.549. The van der Waals surface area contributed by atoms with Crippen molar-refractivity contribution >= 4 is 11.9 Å². The third kappa shape index (κ3) is 6.20. The fraction of sp³-hybridized carbons (Fsp3) is 0.571. The van der Waals surface area contributed by atoms with Gasteiger partial charge in [-0.2, -0.15) is 0 Å². The van der Waals surface area contributed by atoms with Crippen LogP contribution in [-0.2, 0) is 15.9 Å². The van der Waals surface area contributed by atoms with Gasteiger partial charge in [-0.3, -0.25) is 5.32 Å². The molecule has 0 saturated carbocycles. The van der Waals surface area contributed by atoms with Crippen molar-refractivity contribution in [3.8, 4) is 0 Å². The van der Waals surface area contributed by atoms with E-state index in [0.29, 0.717) is 12.4 Å². The van der Waals surface area contributed by atoms with E-state index in [0.717, 1.165) is 18.4 Å². The number of methoxy groups -OCH3 is 1. The molecule has 0 spiro atoms. The summed E-state index contributed by atoms with van der Waals surface area (Å²) in [6, 6.07) is 3.79. The molecular formula is C14H22N2O3. The van der Waals surface area contributed by atoms with Crippen molar-refractivity contribution in [1.29, 1.82) is 0 Å². The first-order chi connectivity index (χ1) is 8.92. The Kier molecular flexibility index (Phi) is 5.76. The molecule has 0 aliphatic rings. The van der Waals surface area contributed by atoms with Crippen LogP contribution in [0, 0.1) is 0 Å². The number of anilines is 1. The molecule has 0 aromatic carbocycles. The number of nitrogens with one attached hydrogen (secondary N) is 1. The van der Waals surface area contributed by atoms with E-state index >= 15 is 0 Å². The first-order valence-electron chi connectivity index (χ1n) is 6.35. The highest BCUT2D eigenvalue weighted by Gasteiger charge is 2.17. The normalized spacial score (nSPS) is 11.2. The molecular weight excluding hydrogens is 244 g/mol. The average molecular weight is 266 g/mol. The third-order valence-corrected chi connectivity index (χ3v) is 2.31. The van der Waals surface area contributed by atoms with E-state index in [1.54, 1.807) is 13.3 Å². The molecule has 5 heteroatoms. The third-order valence-electron chi connectivity index (χ3n) is 2.31. The molecule has 1 aromatic rings. The van der Waals surface area contributed by atoms with Crippen LogP contribution in [-0.4, -0.2) is 30.4 Å². The number of aryl methyl sites for hydroxylation is 1. The maximum absolute atomic E-state index is 11.7. The van der Waals surface area contributed by atoms with Crippen LogP contribution in [0.25, 0.3) is 0 Å². The second-order valence-electron chi connectivity index (χ2n) is 5.23. The monoisotopic (exact) mass is 266 g/mol. The zero-order valence-electron chi connectivity index (χ0n) is 12.0. The molecule has 1 amide bonds. The van der Waals surface area contributed by atoms with Gasteiger partial charge in [0, 0.05) is 19.9 Å². The fourth-order valence-corrected chi connectivity index (χ4v) is 1.56. The predicted octanol–water partition coefficient (Wildman–Crippen LogP) is 3.01. The average Bonchev–Trinajstić information content (AvgIpc) is 2.29. The van der Waals surface area contributed by atoms with Crippen molar-refractivity contribution in [2.75, 3.05) is 19.0 Å². The summed E-state index contributed by atoms with van der Waals surface area (Å²) in [6.07, 6.45) is 2.84. The van der Waals surface area contributed by atoms with Crippen molar-refractivity contribution in [3.05, 3.63) is 23.9 Å². The van der Waals surface area contributed by atoms with E-state index < -0.39 is 11.7 Å². The van der Waals surface area contributed by atoms with Gasteiger partial charge >= 0.3 is 6.09 Å². The summed E-state index contributed by atoms with van der Waals surface area (Å²) in [5, 5.41) is 2.68. The zero-order chi connectivity index (χ0) is 14.3. The Morgan fingerprint density at radius 3 is 2.79 bits per heavy atom. The van der Waals surface area contributed by atoms with E-state index in [-0.39, 0.29) is 0 Å². The van der Waals surface area contributed by atoms with Gasteiger partial charge < -0.3 is 9.47 Å². The van der Waals surface area contributed by atoms with Crippen LogP contribution >= 0.6 is 0 Å². The number of rotatable bonds is 5. The maximum atomic E-state index is 11.7. The first kappa shape index (κ1) is 15.4. The minimum absolute atomic E-state index is 0.487. The van der Waals surface area contributed by atoms with Crippen LogP contribution in [0.3, 0.4) is 0 Å². The van der Waals surface area contributed by atoms with Crippen LogP contribution in [0.4, 0.5) is 10.6 Å². The highest BCUT2D eigenvalue weighted by molar-refractivity contribution is 5.84. The van der Waals surface area contributed by atoms with Crippen molar-refractivity contribution in [1.82, 2.24) is 4.98 Å². The van der Waals surface area contributed by atoms with Gasteiger partial charge in [-0.05, 0) is 45.2 Å². The van der Waals surface area contributed by atoms with Crippen molar-refractivity contribution < 1.29 is 14.3 Å². The van der Waals surface area contributed by atoms with Crippen LogP contribution in [0.2, 0.25) is 0 Å². The number of hydrogen-bond acceptors (Lipinski definition) is 4. The summed E-state index contributed by atoms with van der Waals surface area (Å²) < 4.78 is 10.2. The highest BCUT2D eigenvalue weighted by atomic mass is 16.6. The molecule has 0 saturated heterocycles. The summed E-state index contributed by atoms with van der Waals surface area (Å²) >= 11 is 0. The summed E-state index contributed by atoms with van der Waals surface area (Å²) in [7, 11) is 1.67. The Morgan fingerprint density at radius 2 is 2.16 bits per heavy atom. The van der Waals surface area contributed by atoms with Crippen molar-refractivity contribution in [2.45, 2.75) is 39.2 Å². The topological polar surface area (TPSA) is 60.5 Å². The molecule has 0 fully saturated rings. The van der Waals surface area contributed by atoms with Crippen molar-refractivity contribution in [3.63, 3.8) is 0 Å². The molecule has 1 rings (SSSR count). The van der Waals surface area contributed by atoms with Gasteiger partial charge in [-0.25, -0.2) is 9.78 Å². The largest absolute Gasteiger partial charge is 0.444 e.